The maximum atomic E-state index is 10.7. The number of primary amides is 1. The number of hydrogen-bond donors (Lipinski definition) is 1. The highest BCUT2D eigenvalue weighted by Gasteiger charge is 2.28. The lowest BCUT2D eigenvalue weighted by atomic mass is 10.3. The van der Waals surface area contributed by atoms with Gasteiger partial charge in [-0.25, -0.2) is 0 Å². The number of amides is 1. The summed E-state index contributed by atoms with van der Waals surface area (Å²) in [5, 5.41) is 4.26. The van der Waals surface area contributed by atoms with E-state index in [0.717, 1.165) is 13.1 Å². The van der Waals surface area contributed by atoms with E-state index in [9.17, 15) is 4.79 Å². The summed E-state index contributed by atoms with van der Waals surface area (Å²) < 4.78 is 0. The third-order valence-corrected chi connectivity index (χ3v) is 3.41. The van der Waals surface area contributed by atoms with Crippen LogP contribution < -0.4 is 5.73 Å². The minimum absolute atomic E-state index is 0.203. The molecule has 1 heterocycles. The average Bonchev–Trinajstić information content (AvgIpc) is 2.91. The molecular weight excluding hydrogens is 208 g/mol. The number of nitrogens with zero attached hydrogens (tertiary/aromatic N) is 1. The van der Waals surface area contributed by atoms with Gasteiger partial charge in [0.05, 0.1) is 0 Å². The first-order valence-electron chi connectivity index (χ1n) is 5.29. The lowest BCUT2D eigenvalue weighted by Crippen LogP contribution is -2.29. The van der Waals surface area contributed by atoms with Gasteiger partial charge < -0.3 is 5.73 Å². The molecule has 1 aliphatic rings. The SMILES string of the molecule is NC(=O)CCN(Cc1ccsc1)C1CC1. The zero-order valence-electron chi connectivity index (χ0n) is 8.69. The molecule has 4 heteroatoms. The summed E-state index contributed by atoms with van der Waals surface area (Å²) in [5.74, 6) is -0.203. The Morgan fingerprint density at radius 2 is 2.40 bits per heavy atom. The third-order valence-electron chi connectivity index (χ3n) is 2.67. The molecule has 0 spiro atoms. The molecule has 15 heavy (non-hydrogen) atoms. The monoisotopic (exact) mass is 224 g/mol. The van der Waals surface area contributed by atoms with Crippen LogP contribution in [0.2, 0.25) is 0 Å². The van der Waals surface area contributed by atoms with Crippen LogP contribution in [-0.4, -0.2) is 23.4 Å². The van der Waals surface area contributed by atoms with Gasteiger partial charge in [0, 0.05) is 25.6 Å². The number of thiophene rings is 1. The van der Waals surface area contributed by atoms with Crippen molar-refractivity contribution >= 4 is 17.2 Å². The molecule has 1 aromatic rings. The molecule has 3 nitrogen and oxygen atoms in total. The van der Waals surface area contributed by atoms with Gasteiger partial charge in [0.15, 0.2) is 0 Å². The summed E-state index contributed by atoms with van der Waals surface area (Å²) in [6.45, 7) is 1.76. The lowest BCUT2D eigenvalue weighted by molar-refractivity contribution is -0.118. The van der Waals surface area contributed by atoms with Crippen molar-refractivity contribution in [2.45, 2.75) is 31.8 Å². The highest BCUT2D eigenvalue weighted by Crippen LogP contribution is 2.28. The van der Waals surface area contributed by atoms with Gasteiger partial charge in [-0.15, -0.1) is 0 Å². The van der Waals surface area contributed by atoms with Crippen molar-refractivity contribution in [2.24, 2.45) is 5.73 Å². The van der Waals surface area contributed by atoms with Crippen molar-refractivity contribution in [3.8, 4) is 0 Å². The van der Waals surface area contributed by atoms with Crippen LogP contribution in [0.25, 0.3) is 0 Å². The van der Waals surface area contributed by atoms with Crippen molar-refractivity contribution in [3.63, 3.8) is 0 Å². The Balaban J connectivity index is 1.86. The number of nitrogens with two attached hydrogens (primary N) is 1. The molecule has 0 atom stereocenters. The van der Waals surface area contributed by atoms with E-state index in [4.69, 9.17) is 5.73 Å². The summed E-state index contributed by atoms with van der Waals surface area (Å²) in [6.07, 6.45) is 3.01. The zero-order chi connectivity index (χ0) is 10.7. The number of rotatable bonds is 6. The predicted octanol–water partition coefficient (Wildman–Crippen LogP) is 1.59. The summed E-state index contributed by atoms with van der Waals surface area (Å²) in [7, 11) is 0. The van der Waals surface area contributed by atoms with E-state index in [1.807, 2.05) is 0 Å². The Morgan fingerprint density at radius 1 is 1.60 bits per heavy atom. The molecule has 82 valence electrons. The number of hydrogen-bond acceptors (Lipinski definition) is 3. The second-order valence-electron chi connectivity index (χ2n) is 4.05. The Labute approximate surface area is 93.9 Å². The van der Waals surface area contributed by atoms with Crippen LogP contribution in [0.3, 0.4) is 0 Å². The average molecular weight is 224 g/mol. The molecule has 1 aromatic heterocycles. The Kier molecular flexibility index (Phi) is 3.38. The fourth-order valence-electron chi connectivity index (χ4n) is 1.70. The van der Waals surface area contributed by atoms with Crippen LogP contribution in [0, 0.1) is 0 Å². The van der Waals surface area contributed by atoms with Crippen molar-refractivity contribution in [3.05, 3.63) is 22.4 Å². The van der Waals surface area contributed by atoms with E-state index in [-0.39, 0.29) is 5.91 Å². The lowest BCUT2D eigenvalue weighted by Gasteiger charge is -2.20. The summed E-state index contributed by atoms with van der Waals surface area (Å²) in [5.41, 5.74) is 6.52. The molecule has 0 bridgehead atoms. The molecule has 1 fully saturated rings. The van der Waals surface area contributed by atoms with Gasteiger partial charge in [-0.2, -0.15) is 11.3 Å². The van der Waals surface area contributed by atoms with Gasteiger partial charge >= 0.3 is 0 Å². The topological polar surface area (TPSA) is 46.3 Å². The fraction of sp³-hybridized carbons (Fsp3) is 0.545. The Hall–Kier alpha value is -0.870. The van der Waals surface area contributed by atoms with Crippen molar-refractivity contribution < 1.29 is 4.79 Å². The molecule has 0 unspecified atom stereocenters. The fourth-order valence-corrected chi connectivity index (χ4v) is 2.36. The quantitative estimate of drug-likeness (QED) is 0.797. The number of carbonyl (C=O) groups excluding carboxylic acids is 1. The van der Waals surface area contributed by atoms with Crippen LogP contribution >= 0.6 is 11.3 Å². The van der Waals surface area contributed by atoms with Gasteiger partial charge in [-0.1, -0.05) is 0 Å². The molecule has 2 N–H and O–H groups in total. The van der Waals surface area contributed by atoms with Gasteiger partial charge in [0.1, 0.15) is 0 Å². The van der Waals surface area contributed by atoms with Gasteiger partial charge in [0.25, 0.3) is 0 Å². The molecule has 0 radical (unpaired) electrons. The molecular formula is C11H16N2OS. The second-order valence-corrected chi connectivity index (χ2v) is 4.83. The third kappa shape index (κ3) is 3.32. The first kappa shape index (κ1) is 10.6. The predicted molar refractivity (Wildman–Crippen MR) is 61.6 cm³/mol. The van der Waals surface area contributed by atoms with Crippen molar-refractivity contribution in [1.82, 2.24) is 4.90 Å². The zero-order valence-corrected chi connectivity index (χ0v) is 9.50. The molecule has 0 aromatic carbocycles. The smallest absolute Gasteiger partial charge is 0.218 e. The summed E-state index contributed by atoms with van der Waals surface area (Å²) >= 11 is 1.72. The molecule has 0 aliphatic heterocycles. The van der Waals surface area contributed by atoms with Gasteiger partial charge in [-0.3, -0.25) is 9.69 Å². The van der Waals surface area contributed by atoms with Crippen molar-refractivity contribution in [2.75, 3.05) is 6.54 Å². The first-order valence-corrected chi connectivity index (χ1v) is 6.23. The van der Waals surface area contributed by atoms with Crippen LogP contribution in [0.4, 0.5) is 0 Å². The first-order chi connectivity index (χ1) is 7.25. The van der Waals surface area contributed by atoms with Crippen LogP contribution in [0.5, 0.6) is 0 Å². The van der Waals surface area contributed by atoms with E-state index in [0.29, 0.717) is 12.5 Å². The van der Waals surface area contributed by atoms with E-state index in [1.54, 1.807) is 11.3 Å². The Bertz CT molecular complexity index is 319. The normalized spacial score (nSPS) is 15.8. The summed E-state index contributed by atoms with van der Waals surface area (Å²) in [4.78, 5) is 13.1. The molecule has 1 amide bonds. The standard InChI is InChI=1S/C11H16N2OS/c12-11(14)3-5-13(10-1-2-10)7-9-4-6-15-8-9/h4,6,8,10H,1-3,5,7H2,(H2,12,14). The maximum absolute atomic E-state index is 10.7. The largest absolute Gasteiger partial charge is 0.370 e. The highest BCUT2D eigenvalue weighted by atomic mass is 32.1. The number of carbonyl (C=O) groups is 1. The minimum atomic E-state index is -0.203. The summed E-state index contributed by atoms with van der Waals surface area (Å²) in [6, 6.07) is 2.83. The molecule has 2 rings (SSSR count). The molecule has 1 aliphatic carbocycles. The van der Waals surface area contributed by atoms with E-state index in [1.165, 1.54) is 18.4 Å². The minimum Gasteiger partial charge on any atom is -0.370 e. The molecule has 1 saturated carbocycles. The van der Waals surface area contributed by atoms with Crippen LogP contribution in [-0.2, 0) is 11.3 Å². The van der Waals surface area contributed by atoms with E-state index in [2.05, 4.69) is 21.7 Å². The second kappa shape index (κ2) is 4.77. The maximum Gasteiger partial charge on any atom is 0.218 e. The van der Waals surface area contributed by atoms with E-state index < -0.39 is 0 Å². The highest BCUT2D eigenvalue weighted by molar-refractivity contribution is 7.07. The van der Waals surface area contributed by atoms with Crippen LogP contribution in [0.1, 0.15) is 24.8 Å². The van der Waals surface area contributed by atoms with Crippen LogP contribution in [0.15, 0.2) is 16.8 Å². The molecule has 0 saturated heterocycles. The Morgan fingerprint density at radius 3 is 2.93 bits per heavy atom. The van der Waals surface area contributed by atoms with Gasteiger partial charge in [0.2, 0.25) is 5.91 Å². The van der Waals surface area contributed by atoms with E-state index >= 15 is 0 Å². The van der Waals surface area contributed by atoms with Gasteiger partial charge in [-0.05, 0) is 35.2 Å². The van der Waals surface area contributed by atoms with Crippen molar-refractivity contribution in [1.29, 1.82) is 0 Å².